The first-order valence-electron chi connectivity index (χ1n) is 8.97. The Balaban J connectivity index is 1.80. The van der Waals surface area contributed by atoms with E-state index in [1.165, 1.54) is 21.3 Å². The van der Waals surface area contributed by atoms with Gasteiger partial charge in [-0.2, -0.15) is 0 Å². The maximum Gasteiger partial charge on any atom is 0.251 e. The van der Waals surface area contributed by atoms with Crippen molar-refractivity contribution in [1.82, 2.24) is 10.6 Å². The molecule has 2 aromatic rings. The maximum absolute atomic E-state index is 12.4. The van der Waals surface area contributed by atoms with Gasteiger partial charge in [0.15, 0.2) is 11.5 Å². The fourth-order valence-electron chi connectivity index (χ4n) is 2.68. The van der Waals surface area contributed by atoms with Crippen LogP contribution in [0.15, 0.2) is 42.5 Å². The van der Waals surface area contributed by atoms with E-state index in [2.05, 4.69) is 10.6 Å². The summed E-state index contributed by atoms with van der Waals surface area (Å²) in [7, 11) is 4.48. The lowest BCUT2D eigenvalue weighted by Crippen LogP contribution is -2.34. The van der Waals surface area contributed by atoms with Gasteiger partial charge in [-0.25, -0.2) is 0 Å². The second-order valence-corrected chi connectivity index (χ2v) is 6.01. The fraction of sp³-hybridized carbons (Fsp3) is 0.333. The molecular weight excluding hydrogens is 360 g/mol. The molecule has 7 nitrogen and oxygen atoms in total. The molecule has 0 aliphatic rings. The second kappa shape index (κ2) is 10.8. The molecule has 0 aliphatic heterocycles. The molecule has 28 heavy (non-hydrogen) atoms. The molecule has 2 amide bonds. The molecule has 0 saturated heterocycles. The summed E-state index contributed by atoms with van der Waals surface area (Å²) in [4.78, 5) is 24.3. The molecule has 2 N–H and O–H groups in total. The standard InChI is InChI=1S/C21H26N2O5/c1-26-17-13-16(14-18(27-2)20(17)28-3)21(25)23-12-11-22-19(24)10-9-15-7-5-4-6-8-15/h4-8,13-14H,9-12H2,1-3H3,(H,22,24)(H,23,25). The van der Waals surface area contributed by atoms with E-state index in [0.29, 0.717) is 48.7 Å². The molecular formula is C21H26N2O5. The first kappa shape index (κ1) is 21.1. The van der Waals surface area contributed by atoms with Crippen molar-refractivity contribution in [2.75, 3.05) is 34.4 Å². The van der Waals surface area contributed by atoms with E-state index in [1.54, 1.807) is 12.1 Å². The van der Waals surface area contributed by atoms with Crippen LogP contribution in [0.25, 0.3) is 0 Å². The number of amides is 2. The number of methoxy groups -OCH3 is 3. The van der Waals surface area contributed by atoms with Crippen LogP contribution in [0.3, 0.4) is 0 Å². The van der Waals surface area contributed by atoms with Crippen LogP contribution in [0.4, 0.5) is 0 Å². The predicted octanol–water partition coefficient (Wildman–Crippen LogP) is 2.19. The summed E-state index contributed by atoms with van der Waals surface area (Å²) in [5, 5.41) is 5.56. The number of ether oxygens (including phenoxy) is 3. The van der Waals surface area contributed by atoms with Crippen LogP contribution in [0.2, 0.25) is 0 Å². The van der Waals surface area contributed by atoms with Gasteiger partial charge in [0.2, 0.25) is 11.7 Å². The minimum Gasteiger partial charge on any atom is -0.493 e. The van der Waals surface area contributed by atoms with E-state index in [0.717, 1.165) is 5.56 Å². The Hall–Kier alpha value is -3.22. The quantitative estimate of drug-likeness (QED) is 0.612. The molecule has 0 unspecified atom stereocenters. The van der Waals surface area contributed by atoms with Crippen molar-refractivity contribution in [3.63, 3.8) is 0 Å². The van der Waals surface area contributed by atoms with Gasteiger partial charge in [0.25, 0.3) is 5.91 Å². The van der Waals surface area contributed by atoms with Crippen molar-refractivity contribution in [2.24, 2.45) is 0 Å². The zero-order valence-corrected chi connectivity index (χ0v) is 16.4. The van der Waals surface area contributed by atoms with Crippen LogP contribution in [-0.4, -0.2) is 46.2 Å². The summed E-state index contributed by atoms with van der Waals surface area (Å²) in [5.41, 5.74) is 1.50. The van der Waals surface area contributed by atoms with Crippen molar-refractivity contribution >= 4 is 11.8 Å². The molecule has 7 heteroatoms. The Labute approximate surface area is 165 Å². The van der Waals surface area contributed by atoms with Gasteiger partial charge in [0, 0.05) is 25.1 Å². The van der Waals surface area contributed by atoms with Crippen LogP contribution in [0.1, 0.15) is 22.3 Å². The van der Waals surface area contributed by atoms with E-state index in [-0.39, 0.29) is 11.8 Å². The fourth-order valence-corrected chi connectivity index (χ4v) is 2.68. The van der Waals surface area contributed by atoms with Crippen molar-refractivity contribution in [3.05, 3.63) is 53.6 Å². The number of rotatable bonds is 10. The number of aryl methyl sites for hydroxylation is 1. The zero-order chi connectivity index (χ0) is 20.4. The maximum atomic E-state index is 12.4. The van der Waals surface area contributed by atoms with Gasteiger partial charge < -0.3 is 24.8 Å². The average Bonchev–Trinajstić information content (AvgIpc) is 2.74. The Bertz CT molecular complexity index is 768. The molecule has 2 rings (SSSR count). The van der Waals surface area contributed by atoms with Crippen LogP contribution in [-0.2, 0) is 11.2 Å². The first-order valence-corrected chi connectivity index (χ1v) is 8.97. The number of benzene rings is 2. The third-order valence-corrected chi connectivity index (χ3v) is 4.14. The van der Waals surface area contributed by atoms with E-state index in [1.807, 2.05) is 30.3 Å². The van der Waals surface area contributed by atoms with Gasteiger partial charge >= 0.3 is 0 Å². The Morgan fingerprint density at radius 1 is 0.857 bits per heavy atom. The SMILES string of the molecule is COc1cc(C(=O)NCCNC(=O)CCc2ccccc2)cc(OC)c1OC. The molecule has 0 radical (unpaired) electrons. The molecule has 0 saturated carbocycles. The van der Waals surface area contributed by atoms with Crippen LogP contribution < -0.4 is 24.8 Å². The summed E-state index contributed by atoms with van der Waals surface area (Å²) < 4.78 is 15.7. The highest BCUT2D eigenvalue weighted by Gasteiger charge is 2.16. The highest BCUT2D eigenvalue weighted by atomic mass is 16.5. The number of carbonyl (C=O) groups excluding carboxylic acids is 2. The Morgan fingerprint density at radius 3 is 2.04 bits per heavy atom. The van der Waals surface area contributed by atoms with Gasteiger partial charge in [0.1, 0.15) is 0 Å². The molecule has 0 heterocycles. The smallest absolute Gasteiger partial charge is 0.251 e. The van der Waals surface area contributed by atoms with Gasteiger partial charge in [-0.15, -0.1) is 0 Å². The largest absolute Gasteiger partial charge is 0.493 e. The third kappa shape index (κ3) is 5.90. The number of carbonyl (C=O) groups is 2. The van der Waals surface area contributed by atoms with Crippen molar-refractivity contribution < 1.29 is 23.8 Å². The Morgan fingerprint density at radius 2 is 1.46 bits per heavy atom. The highest BCUT2D eigenvalue weighted by Crippen LogP contribution is 2.38. The lowest BCUT2D eigenvalue weighted by molar-refractivity contribution is -0.121. The number of hydrogen-bond donors (Lipinski definition) is 2. The van der Waals surface area contributed by atoms with E-state index in [9.17, 15) is 9.59 Å². The van der Waals surface area contributed by atoms with Gasteiger partial charge in [0.05, 0.1) is 21.3 Å². The van der Waals surface area contributed by atoms with Crippen LogP contribution in [0, 0.1) is 0 Å². The molecule has 2 aromatic carbocycles. The Kier molecular flexibility index (Phi) is 8.14. The minimum atomic E-state index is -0.294. The molecule has 150 valence electrons. The monoisotopic (exact) mass is 386 g/mol. The minimum absolute atomic E-state index is 0.0501. The molecule has 0 fully saturated rings. The van der Waals surface area contributed by atoms with Crippen molar-refractivity contribution in [3.8, 4) is 17.2 Å². The summed E-state index contributed by atoms with van der Waals surface area (Å²) in [6, 6.07) is 13.0. The van der Waals surface area contributed by atoms with Gasteiger partial charge in [-0.1, -0.05) is 30.3 Å². The molecule has 0 aliphatic carbocycles. The van der Waals surface area contributed by atoms with Gasteiger partial charge in [-0.3, -0.25) is 9.59 Å². The molecule has 0 aromatic heterocycles. The topological polar surface area (TPSA) is 85.9 Å². The van der Waals surface area contributed by atoms with Crippen LogP contribution >= 0.6 is 0 Å². The second-order valence-electron chi connectivity index (χ2n) is 6.01. The highest BCUT2D eigenvalue weighted by molar-refractivity contribution is 5.95. The summed E-state index contributed by atoms with van der Waals surface area (Å²) in [6.07, 6.45) is 1.09. The average molecular weight is 386 g/mol. The van der Waals surface area contributed by atoms with Crippen molar-refractivity contribution in [2.45, 2.75) is 12.8 Å². The predicted molar refractivity (Wildman–Crippen MR) is 106 cm³/mol. The lowest BCUT2D eigenvalue weighted by Gasteiger charge is -2.14. The van der Waals surface area contributed by atoms with E-state index >= 15 is 0 Å². The normalized spacial score (nSPS) is 10.1. The summed E-state index contributed by atoms with van der Waals surface area (Å²) in [5.74, 6) is 0.887. The van der Waals surface area contributed by atoms with Crippen LogP contribution in [0.5, 0.6) is 17.2 Å². The third-order valence-electron chi connectivity index (χ3n) is 4.14. The number of nitrogens with one attached hydrogen (secondary N) is 2. The van der Waals surface area contributed by atoms with E-state index < -0.39 is 0 Å². The molecule has 0 bridgehead atoms. The lowest BCUT2D eigenvalue weighted by atomic mass is 10.1. The number of hydrogen-bond acceptors (Lipinski definition) is 5. The summed E-state index contributed by atoms with van der Waals surface area (Å²) in [6.45, 7) is 0.663. The molecule has 0 atom stereocenters. The zero-order valence-electron chi connectivity index (χ0n) is 16.4. The first-order chi connectivity index (χ1) is 13.6. The van der Waals surface area contributed by atoms with Crippen molar-refractivity contribution in [1.29, 1.82) is 0 Å². The molecule has 0 spiro atoms. The van der Waals surface area contributed by atoms with E-state index in [4.69, 9.17) is 14.2 Å². The summed E-state index contributed by atoms with van der Waals surface area (Å²) >= 11 is 0. The van der Waals surface area contributed by atoms with Gasteiger partial charge in [-0.05, 0) is 24.1 Å².